The second kappa shape index (κ2) is 9.09. The molecule has 0 unspecified atom stereocenters. The number of nitrogens with one attached hydrogen (secondary N) is 1. The van der Waals surface area contributed by atoms with Crippen molar-refractivity contribution < 1.29 is 28.9 Å². The third-order valence-electron chi connectivity index (χ3n) is 4.58. The van der Waals surface area contributed by atoms with Crippen molar-refractivity contribution in [1.82, 2.24) is 0 Å². The second-order valence-electron chi connectivity index (χ2n) is 6.74. The molecule has 0 aliphatic rings. The maximum absolute atomic E-state index is 13.9. The van der Waals surface area contributed by atoms with Crippen LogP contribution in [0.1, 0.15) is 18.6 Å². The fourth-order valence-electron chi connectivity index (χ4n) is 3.10. The highest BCUT2D eigenvalue weighted by atomic mass is 19.1. The molecule has 0 aromatic heterocycles. The van der Waals surface area contributed by atoms with Crippen molar-refractivity contribution in [1.29, 1.82) is 0 Å². The van der Waals surface area contributed by atoms with Gasteiger partial charge in [-0.1, -0.05) is 55.5 Å². The molecule has 3 aromatic carbocycles. The van der Waals surface area contributed by atoms with Crippen molar-refractivity contribution in [2.24, 2.45) is 5.92 Å². The first kappa shape index (κ1) is 20.9. The van der Waals surface area contributed by atoms with Crippen molar-refractivity contribution in [2.45, 2.75) is 13.0 Å². The number of rotatable bonds is 6. The summed E-state index contributed by atoms with van der Waals surface area (Å²) < 4.78 is 19.4. The zero-order valence-corrected chi connectivity index (χ0v) is 16.1. The van der Waals surface area contributed by atoms with Crippen molar-refractivity contribution in [3.05, 3.63) is 84.2 Å². The number of hydrogen-bond donors (Lipinski definition) is 3. The largest absolute Gasteiger partial charge is 0.505 e. The number of hydrogen-bond acceptors (Lipinski definition) is 4. The van der Waals surface area contributed by atoms with Crippen LogP contribution in [-0.4, -0.2) is 22.3 Å². The van der Waals surface area contributed by atoms with E-state index in [0.717, 1.165) is 29.0 Å². The molecule has 3 rings (SSSR count). The molecule has 0 saturated carbocycles. The molecule has 0 aliphatic carbocycles. The lowest BCUT2D eigenvalue weighted by Crippen LogP contribution is -2.21. The van der Waals surface area contributed by atoms with Gasteiger partial charge in [0.25, 0.3) is 0 Å². The van der Waals surface area contributed by atoms with Crippen LogP contribution in [0, 0.1) is 11.7 Å². The normalized spacial score (nSPS) is 13.1. The molecule has 30 heavy (non-hydrogen) atoms. The molecule has 0 saturated heterocycles. The zero-order valence-electron chi connectivity index (χ0n) is 16.1. The third-order valence-corrected chi connectivity index (χ3v) is 4.58. The van der Waals surface area contributed by atoms with Gasteiger partial charge in [-0.3, -0.25) is 5.32 Å². The molecule has 2 atom stereocenters. The summed E-state index contributed by atoms with van der Waals surface area (Å²) in [5, 5.41) is 22.7. The number of carbonyl (C=O) groups is 2. The Morgan fingerprint density at radius 1 is 1.10 bits per heavy atom. The van der Waals surface area contributed by atoms with Crippen LogP contribution >= 0.6 is 0 Å². The summed E-state index contributed by atoms with van der Waals surface area (Å²) in [5.41, 5.74) is 0.823. The molecule has 7 heteroatoms. The lowest BCUT2D eigenvalue weighted by atomic mass is 9.96. The maximum Gasteiger partial charge on any atom is 0.412 e. The van der Waals surface area contributed by atoms with Gasteiger partial charge >= 0.3 is 12.1 Å². The second-order valence-corrected chi connectivity index (χ2v) is 6.74. The van der Waals surface area contributed by atoms with Gasteiger partial charge in [0.2, 0.25) is 0 Å². The Morgan fingerprint density at radius 3 is 2.57 bits per heavy atom. The minimum Gasteiger partial charge on any atom is -0.505 e. The summed E-state index contributed by atoms with van der Waals surface area (Å²) in [5.74, 6) is -3.14. The molecule has 154 valence electrons. The first-order chi connectivity index (χ1) is 14.3. The van der Waals surface area contributed by atoms with Gasteiger partial charge in [0.05, 0.1) is 5.69 Å². The predicted molar refractivity (Wildman–Crippen MR) is 111 cm³/mol. The number of halogens is 1. The molecule has 3 aromatic rings. The van der Waals surface area contributed by atoms with E-state index in [4.69, 9.17) is 9.84 Å². The number of aromatic hydroxyl groups is 1. The van der Waals surface area contributed by atoms with Crippen LogP contribution < -0.4 is 5.32 Å². The van der Waals surface area contributed by atoms with Gasteiger partial charge in [-0.05, 0) is 29.1 Å². The van der Waals surface area contributed by atoms with Crippen LogP contribution in [0.25, 0.3) is 10.8 Å². The van der Waals surface area contributed by atoms with Crippen LogP contribution in [0.2, 0.25) is 0 Å². The number of aliphatic carboxylic acids is 1. The Kier molecular flexibility index (Phi) is 6.32. The van der Waals surface area contributed by atoms with E-state index < -0.39 is 35.7 Å². The summed E-state index contributed by atoms with van der Waals surface area (Å²) in [6, 6.07) is 16.5. The summed E-state index contributed by atoms with van der Waals surface area (Å²) in [7, 11) is 0. The molecule has 0 spiro atoms. The van der Waals surface area contributed by atoms with Crippen LogP contribution in [0.4, 0.5) is 14.9 Å². The van der Waals surface area contributed by atoms with Gasteiger partial charge in [-0.15, -0.1) is 0 Å². The number of carboxylic acid groups (broad SMARTS) is 1. The van der Waals surface area contributed by atoms with E-state index in [9.17, 15) is 19.1 Å². The summed E-state index contributed by atoms with van der Waals surface area (Å²) in [6.45, 7) is 1.64. The quantitative estimate of drug-likeness (QED) is 0.483. The average molecular weight is 409 g/mol. The van der Waals surface area contributed by atoms with E-state index in [1.807, 2.05) is 30.3 Å². The van der Waals surface area contributed by atoms with Crippen molar-refractivity contribution in [2.75, 3.05) is 5.32 Å². The van der Waals surface area contributed by atoms with Crippen LogP contribution in [0.15, 0.2) is 72.8 Å². The van der Waals surface area contributed by atoms with Crippen LogP contribution in [0.3, 0.4) is 0 Å². The molecule has 3 N–H and O–H groups in total. The van der Waals surface area contributed by atoms with Crippen LogP contribution in [0.5, 0.6) is 5.75 Å². The zero-order chi connectivity index (χ0) is 21.7. The number of ether oxygens (including phenoxy) is 1. The highest BCUT2D eigenvalue weighted by molar-refractivity contribution is 6.00. The van der Waals surface area contributed by atoms with Gasteiger partial charge in [0, 0.05) is 17.4 Å². The molecule has 0 heterocycles. The number of amides is 1. The van der Waals surface area contributed by atoms with Crippen LogP contribution in [-0.2, 0) is 9.53 Å². The summed E-state index contributed by atoms with van der Waals surface area (Å²) in [6.07, 6.45) is 0.523. The standard InChI is InChI=1S/C23H20FNO5/c1-14(9-12-21(27)28)22(16-10-11-20(26)18(24)13-16)30-23(29)25-19-8-4-6-15-5-2-3-7-17(15)19/h2-14,22,26H,1H3,(H,25,29)(H,27,28)/b12-9+/t14-,22+/m1/s1. The molecule has 0 radical (unpaired) electrons. The van der Waals surface area contributed by atoms with Gasteiger partial charge in [0.15, 0.2) is 11.6 Å². The first-order valence-electron chi connectivity index (χ1n) is 9.20. The summed E-state index contributed by atoms with van der Waals surface area (Å²) >= 11 is 0. The van der Waals surface area contributed by atoms with Gasteiger partial charge in [-0.2, -0.15) is 0 Å². The lowest BCUT2D eigenvalue weighted by Gasteiger charge is -2.23. The van der Waals surface area contributed by atoms with E-state index in [1.54, 1.807) is 19.1 Å². The minimum atomic E-state index is -1.15. The average Bonchev–Trinajstić information content (AvgIpc) is 2.72. The molecule has 1 amide bonds. The number of carbonyl (C=O) groups excluding carboxylic acids is 1. The SMILES string of the molecule is C[C@H](/C=C/C(=O)O)[C@H](OC(=O)Nc1cccc2ccccc12)c1ccc(O)c(F)c1. The highest BCUT2D eigenvalue weighted by Crippen LogP contribution is 2.31. The molecule has 6 nitrogen and oxygen atoms in total. The number of anilines is 1. The highest BCUT2D eigenvalue weighted by Gasteiger charge is 2.24. The van der Waals surface area contributed by atoms with Gasteiger partial charge in [0.1, 0.15) is 6.10 Å². The van der Waals surface area contributed by atoms with E-state index in [-0.39, 0.29) is 5.56 Å². The van der Waals surface area contributed by atoms with Crippen molar-refractivity contribution in [3.8, 4) is 5.75 Å². The Balaban J connectivity index is 1.86. The van der Waals surface area contributed by atoms with E-state index >= 15 is 0 Å². The van der Waals surface area contributed by atoms with Crippen molar-refractivity contribution >= 4 is 28.5 Å². The Labute approximate surface area is 172 Å². The predicted octanol–water partition coefficient (Wildman–Crippen LogP) is 5.25. The molecular formula is C23H20FNO5. The molecule has 0 aliphatic heterocycles. The maximum atomic E-state index is 13.9. The van der Waals surface area contributed by atoms with E-state index in [0.29, 0.717) is 5.69 Å². The lowest BCUT2D eigenvalue weighted by molar-refractivity contribution is -0.131. The van der Waals surface area contributed by atoms with E-state index in [2.05, 4.69) is 5.32 Å². The van der Waals surface area contributed by atoms with Gasteiger partial charge < -0.3 is 14.9 Å². The van der Waals surface area contributed by atoms with Gasteiger partial charge in [-0.25, -0.2) is 14.0 Å². The molecular weight excluding hydrogens is 389 g/mol. The number of phenols is 1. The number of benzene rings is 3. The monoisotopic (exact) mass is 409 g/mol. The topological polar surface area (TPSA) is 95.9 Å². The number of phenolic OH excluding ortho intramolecular Hbond substituents is 1. The van der Waals surface area contributed by atoms with Crippen molar-refractivity contribution in [3.63, 3.8) is 0 Å². The minimum absolute atomic E-state index is 0.279. The molecule has 0 fully saturated rings. The Morgan fingerprint density at radius 2 is 1.83 bits per heavy atom. The fraction of sp³-hybridized carbons (Fsp3) is 0.130. The number of carboxylic acids is 1. The fourth-order valence-corrected chi connectivity index (χ4v) is 3.10. The van der Waals surface area contributed by atoms with E-state index in [1.165, 1.54) is 12.1 Å². The number of fused-ring (bicyclic) bond motifs is 1. The third kappa shape index (κ3) is 4.94. The Hall–Kier alpha value is -3.87. The molecule has 0 bridgehead atoms. The first-order valence-corrected chi connectivity index (χ1v) is 9.20. The summed E-state index contributed by atoms with van der Waals surface area (Å²) in [4.78, 5) is 23.5. The Bertz CT molecular complexity index is 1110. The smallest absolute Gasteiger partial charge is 0.412 e.